The predicted octanol–water partition coefficient (Wildman–Crippen LogP) is 11.3. The molecule has 232 valence electrons. The normalized spacial score (nSPS) is 12.0. The van der Waals surface area contributed by atoms with E-state index in [1.165, 1.54) is 122 Å². The molecule has 1 unspecified atom stereocenters. The summed E-state index contributed by atoms with van der Waals surface area (Å²) in [5, 5.41) is 0. The molecule has 0 heterocycles. The summed E-state index contributed by atoms with van der Waals surface area (Å²) in [5.41, 5.74) is 0. The number of unbranched alkanes of at least 4 members (excludes halogenated alkanes) is 20. The number of hydrogen-bond donors (Lipinski definition) is 0. The lowest BCUT2D eigenvalue weighted by molar-refractivity contribution is -0.145. The fraction of sp³-hybridized carbons (Fsp3) is 0.943. The van der Waals surface area contributed by atoms with Crippen molar-refractivity contribution < 1.29 is 19.1 Å². The van der Waals surface area contributed by atoms with Gasteiger partial charge < -0.3 is 9.47 Å². The van der Waals surface area contributed by atoms with Gasteiger partial charge in [0.2, 0.25) is 0 Å². The Morgan fingerprint density at radius 2 is 0.846 bits per heavy atom. The molecule has 0 bridgehead atoms. The third kappa shape index (κ3) is 29.7. The number of hydrogen-bond acceptors (Lipinski definition) is 4. The first-order chi connectivity index (χ1) is 19.1. The topological polar surface area (TPSA) is 52.6 Å². The molecule has 0 aliphatic rings. The summed E-state index contributed by atoms with van der Waals surface area (Å²) in [6, 6.07) is 0. The van der Waals surface area contributed by atoms with Gasteiger partial charge in [0, 0.05) is 12.8 Å². The lowest BCUT2D eigenvalue weighted by Gasteiger charge is -2.14. The van der Waals surface area contributed by atoms with Gasteiger partial charge in [0.05, 0.1) is 13.2 Å². The van der Waals surface area contributed by atoms with E-state index in [2.05, 4.69) is 20.8 Å². The molecule has 39 heavy (non-hydrogen) atoms. The third-order valence-electron chi connectivity index (χ3n) is 8.05. The summed E-state index contributed by atoms with van der Waals surface area (Å²) >= 11 is 0. The van der Waals surface area contributed by atoms with E-state index in [-0.39, 0.29) is 11.9 Å². The lowest BCUT2D eigenvalue weighted by Crippen LogP contribution is -2.12. The second-order valence-corrected chi connectivity index (χ2v) is 11.9. The minimum absolute atomic E-state index is 0.00255. The molecular weight excluding hydrogens is 484 g/mol. The molecule has 0 rings (SSSR count). The summed E-state index contributed by atoms with van der Waals surface area (Å²) in [6.45, 7) is 7.88. The molecule has 0 amide bonds. The van der Waals surface area contributed by atoms with Crippen LogP contribution >= 0.6 is 0 Å². The van der Waals surface area contributed by atoms with E-state index in [9.17, 15) is 9.59 Å². The maximum atomic E-state index is 12.1. The van der Waals surface area contributed by atoms with Crippen molar-refractivity contribution in [2.45, 2.75) is 194 Å². The molecule has 0 radical (unpaired) electrons. The summed E-state index contributed by atoms with van der Waals surface area (Å²) in [7, 11) is 0. The van der Waals surface area contributed by atoms with Crippen molar-refractivity contribution in [1.82, 2.24) is 0 Å². The molecule has 0 aliphatic heterocycles. The second kappa shape index (κ2) is 31.5. The fourth-order valence-corrected chi connectivity index (χ4v) is 5.25. The number of carbonyl (C=O) groups is 2. The maximum Gasteiger partial charge on any atom is 0.306 e. The third-order valence-corrected chi connectivity index (χ3v) is 8.05. The van der Waals surface area contributed by atoms with Crippen LogP contribution in [0, 0.1) is 5.92 Å². The number of rotatable bonds is 31. The average molecular weight is 553 g/mol. The van der Waals surface area contributed by atoms with Gasteiger partial charge in [-0.15, -0.1) is 0 Å². The zero-order valence-corrected chi connectivity index (χ0v) is 26.7. The van der Waals surface area contributed by atoms with Crippen LogP contribution in [0.15, 0.2) is 0 Å². The Morgan fingerprint density at radius 1 is 0.462 bits per heavy atom. The minimum atomic E-state index is -0.00255. The van der Waals surface area contributed by atoms with E-state index in [1.807, 2.05) is 0 Å². The monoisotopic (exact) mass is 553 g/mol. The first kappa shape index (κ1) is 37.9. The standard InChI is InChI=1S/C35H68O4/c1-4-7-9-11-22-26-30-38-34(36)29-25-21-19-17-15-13-14-16-18-20-24-28-33(6-3)32-35(37)39-31-27-23-12-10-8-5-2/h33H,4-32H2,1-3H3. The van der Waals surface area contributed by atoms with Crippen molar-refractivity contribution in [3.05, 3.63) is 0 Å². The van der Waals surface area contributed by atoms with E-state index in [0.717, 1.165) is 38.5 Å². The molecule has 0 aromatic carbocycles. The van der Waals surface area contributed by atoms with Crippen LogP contribution in [0.1, 0.15) is 194 Å². The molecule has 0 aromatic heterocycles. The van der Waals surface area contributed by atoms with Crippen molar-refractivity contribution in [3.63, 3.8) is 0 Å². The van der Waals surface area contributed by atoms with Gasteiger partial charge in [-0.3, -0.25) is 9.59 Å². The molecular formula is C35H68O4. The van der Waals surface area contributed by atoms with Gasteiger partial charge in [-0.1, -0.05) is 156 Å². The van der Waals surface area contributed by atoms with Crippen molar-refractivity contribution in [3.8, 4) is 0 Å². The second-order valence-electron chi connectivity index (χ2n) is 11.9. The summed E-state index contributed by atoms with van der Waals surface area (Å²) in [4.78, 5) is 23.9. The molecule has 0 aliphatic carbocycles. The van der Waals surface area contributed by atoms with Crippen LogP contribution in [-0.4, -0.2) is 25.2 Å². The Hall–Kier alpha value is -1.06. The zero-order valence-electron chi connectivity index (χ0n) is 26.7. The maximum absolute atomic E-state index is 12.1. The van der Waals surface area contributed by atoms with Gasteiger partial charge in [-0.05, 0) is 31.6 Å². The minimum Gasteiger partial charge on any atom is -0.466 e. The van der Waals surface area contributed by atoms with Crippen LogP contribution in [0.5, 0.6) is 0 Å². The average Bonchev–Trinajstić information content (AvgIpc) is 2.93. The molecule has 0 fully saturated rings. The number of carbonyl (C=O) groups excluding carboxylic acids is 2. The van der Waals surface area contributed by atoms with Gasteiger partial charge in [0.15, 0.2) is 0 Å². The summed E-state index contributed by atoms with van der Waals surface area (Å²) < 4.78 is 10.8. The molecule has 0 N–H and O–H groups in total. The molecule has 0 spiro atoms. The van der Waals surface area contributed by atoms with Crippen molar-refractivity contribution in [1.29, 1.82) is 0 Å². The first-order valence-corrected chi connectivity index (χ1v) is 17.4. The van der Waals surface area contributed by atoms with E-state index < -0.39 is 0 Å². The fourth-order valence-electron chi connectivity index (χ4n) is 5.25. The Morgan fingerprint density at radius 3 is 1.31 bits per heavy atom. The molecule has 4 nitrogen and oxygen atoms in total. The highest BCUT2D eigenvalue weighted by molar-refractivity contribution is 5.69. The Kier molecular flexibility index (Phi) is 30.6. The Labute approximate surface area is 244 Å². The van der Waals surface area contributed by atoms with Gasteiger partial charge >= 0.3 is 11.9 Å². The molecule has 4 heteroatoms. The van der Waals surface area contributed by atoms with E-state index >= 15 is 0 Å². The summed E-state index contributed by atoms with van der Waals surface area (Å²) in [6.07, 6.45) is 32.0. The highest BCUT2D eigenvalue weighted by Crippen LogP contribution is 2.20. The van der Waals surface area contributed by atoms with Gasteiger partial charge in [0.25, 0.3) is 0 Å². The quantitative estimate of drug-likeness (QED) is 0.0634. The van der Waals surface area contributed by atoms with E-state index in [0.29, 0.717) is 32.0 Å². The van der Waals surface area contributed by atoms with E-state index in [4.69, 9.17) is 9.47 Å². The molecule has 1 atom stereocenters. The highest BCUT2D eigenvalue weighted by Gasteiger charge is 2.13. The first-order valence-electron chi connectivity index (χ1n) is 17.4. The molecule has 0 saturated heterocycles. The van der Waals surface area contributed by atoms with E-state index in [1.54, 1.807) is 0 Å². The Balaban J connectivity index is 3.41. The number of esters is 2. The highest BCUT2D eigenvalue weighted by atomic mass is 16.5. The van der Waals surface area contributed by atoms with Crippen molar-refractivity contribution in [2.24, 2.45) is 5.92 Å². The predicted molar refractivity (Wildman–Crippen MR) is 167 cm³/mol. The SMILES string of the molecule is CCCCCCCCOC(=O)CCCCCCCCCCCCCC(CC)CC(=O)OCCCCCCCC. The van der Waals surface area contributed by atoms with Crippen LogP contribution < -0.4 is 0 Å². The van der Waals surface area contributed by atoms with Crippen molar-refractivity contribution >= 4 is 11.9 Å². The zero-order chi connectivity index (χ0) is 28.7. The largest absolute Gasteiger partial charge is 0.466 e. The van der Waals surface area contributed by atoms with Crippen LogP contribution in [0.3, 0.4) is 0 Å². The van der Waals surface area contributed by atoms with Gasteiger partial charge in [-0.2, -0.15) is 0 Å². The summed E-state index contributed by atoms with van der Waals surface area (Å²) in [5.74, 6) is 0.500. The van der Waals surface area contributed by atoms with Gasteiger partial charge in [0.1, 0.15) is 0 Å². The van der Waals surface area contributed by atoms with Crippen LogP contribution in [0.25, 0.3) is 0 Å². The van der Waals surface area contributed by atoms with Crippen molar-refractivity contribution in [2.75, 3.05) is 13.2 Å². The van der Waals surface area contributed by atoms with Crippen LogP contribution in [0.4, 0.5) is 0 Å². The number of ether oxygens (including phenoxy) is 2. The molecule has 0 saturated carbocycles. The molecule has 0 aromatic rings. The van der Waals surface area contributed by atoms with Crippen LogP contribution in [-0.2, 0) is 19.1 Å². The van der Waals surface area contributed by atoms with Gasteiger partial charge in [-0.25, -0.2) is 0 Å². The van der Waals surface area contributed by atoms with Crippen LogP contribution in [0.2, 0.25) is 0 Å². The smallest absolute Gasteiger partial charge is 0.306 e. The lowest BCUT2D eigenvalue weighted by atomic mass is 9.95. The Bertz CT molecular complexity index is 519.